The van der Waals surface area contributed by atoms with Gasteiger partial charge in [0.05, 0.1) is 0 Å². The second-order valence-electron chi connectivity index (χ2n) is 5.37. The normalized spacial score (nSPS) is 21.6. The van der Waals surface area contributed by atoms with Crippen molar-refractivity contribution in [3.05, 3.63) is 29.7 Å². The summed E-state index contributed by atoms with van der Waals surface area (Å²) in [5.74, 6) is 0.972. The Labute approximate surface area is 108 Å². The van der Waals surface area contributed by atoms with Crippen molar-refractivity contribution >= 4 is 5.65 Å². The highest BCUT2D eigenvalue weighted by Crippen LogP contribution is 2.18. The van der Waals surface area contributed by atoms with Crippen molar-refractivity contribution in [1.82, 2.24) is 19.5 Å². The van der Waals surface area contributed by atoms with Crippen LogP contribution in [0.3, 0.4) is 0 Å². The lowest BCUT2D eigenvalue weighted by atomic mass is 10.00. The quantitative estimate of drug-likeness (QED) is 0.811. The van der Waals surface area contributed by atoms with Crippen LogP contribution in [0.25, 0.3) is 5.65 Å². The number of aromatic nitrogens is 3. The summed E-state index contributed by atoms with van der Waals surface area (Å²) >= 11 is 0. The third kappa shape index (κ3) is 2.25. The molecule has 0 saturated carbocycles. The van der Waals surface area contributed by atoms with Crippen molar-refractivity contribution in [3.63, 3.8) is 0 Å². The highest BCUT2D eigenvalue weighted by molar-refractivity contribution is 5.40. The van der Waals surface area contributed by atoms with Crippen LogP contribution in [0.4, 0.5) is 0 Å². The van der Waals surface area contributed by atoms with Gasteiger partial charge in [-0.25, -0.2) is 9.50 Å². The lowest BCUT2D eigenvalue weighted by Crippen LogP contribution is -2.37. The summed E-state index contributed by atoms with van der Waals surface area (Å²) in [6.07, 6.45) is 6.89. The Morgan fingerprint density at radius 1 is 1.39 bits per heavy atom. The van der Waals surface area contributed by atoms with Crippen molar-refractivity contribution in [2.75, 3.05) is 13.6 Å². The molecule has 1 atom stereocenters. The molecule has 1 saturated heterocycles. The van der Waals surface area contributed by atoms with Gasteiger partial charge < -0.3 is 4.90 Å². The van der Waals surface area contributed by atoms with Crippen molar-refractivity contribution in [3.8, 4) is 0 Å². The molecule has 1 fully saturated rings. The van der Waals surface area contributed by atoms with Gasteiger partial charge in [0.15, 0.2) is 11.5 Å². The van der Waals surface area contributed by atoms with Crippen LogP contribution in [0.5, 0.6) is 0 Å². The van der Waals surface area contributed by atoms with Gasteiger partial charge in [0, 0.05) is 18.7 Å². The number of likely N-dealkylation sites (tertiary alicyclic amines) is 1. The molecular formula is C14H20N4. The van der Waals surface area contributed by atoms with Crippen LogP contribution in [-0.4, -0.2) is 39.1 Å². The molecule has 3 heterocycles. The van der Waals surface area contributed by atoms with E-state index in [2.05, 4.69) is 41.1 Å². The summed E-state index contributed by atoms with van der Waals surface area (Å²) in [7, 11) is 2.21. The zero-order valence-corrected chi connectivity index (χ0v) is 11.1. The molecule has 18 heavy (non-hydrogen) atoms. The number of nitrogens with zero attached hydrogens (tertiary/aromatic N) is 4. The first kappa shape index (κ1) is 11.7. The molecule has 0 aliphatic carbocycles. The van der Waals surface area contributed by atoms with E-state index in [0.29, 0.717) is 6.04 Å². The fourth-order valence-corrected chi connectivity index (χ4v) is 2.73. The van der Waals surface area contributed by atoms with Gasteiger partial charge in [-0.3, -0.25) is 0 Å². The maximum atomic E-state index is 4.63. The fourth-order valence-electron chi connectivity index (χ4n) is 2.73. The molecule has 0 aromatic carbocycles. The van der Waals surface area contributed by atoms with Crippen molar-refractivity contribution < 1.29 is 0 Å². The van der Waals surface area contributed by atoms with Gasteiger partial charge in [-0.15, -0.1) is 0 Å². The van der Waals surface area contributed by atoms with E-state index in [0.717, 1.165) is 17.9 Å². The summed E-state index contributed by atoms with van der Waals surface area (Å²) < 4.78 is 1.88. The lowest BCUT2D eigenvalue weighted by Gasteiger charge is -2.31. The second-order valence-corrected chi connectivity index (χ2v) is 5.37. The largest absolute Gasteiger partial charge is 0.303 e. The Morgan fingerprint density at radius 2 is 2.28 bits per heavy atom. The number of rotatable bonds is 2. The van der Waals surface area contributed by atoms with E-state index in [1.807, 2.05) is 10.7 Å². The molecule has 4 nitrogen and oxygen atoms in total. The molecule has 4 heteroatoms. The minimum Gasteiger partial charge on any atom is -0.303 e. The van der Waals surface area contributed by atoms with E-state index in [4.69, 9.17) is 0 Å². The lowest BCUT2D eigenvalue weighted by molar-refractivity contribution is 0.182. The van der Waals surface area contributed by atoms with Crippen molar-refractivity contribution in [1.29, 1.82) is 0 Å². The maximum absolute atomic E-state index is 4.63. The van der Waals surface area contributed by atoms with Crippen molar-refractivity contribution in [2.45, 2.75) is 38.6 Å². The maximum Gasteiger partial charge on any atom is 0.155 e. The zero-order valence-electron chi connectivity index (χ0n) is 11.1. The number of pyridine rings is 1. The fraction of sp³-hybridized carbons (Fsp3) is 0.571. The molecular weight excluding hydrogens is 224 g/mol. The summed E-state index contributed by atoms with van der Waals surface area (Å²) in [6.45, 7) is 3.29. The molecule has 96 valence electrons. The highest BCUT2D eigenvalue weighted by atomic mass is 15.3. The molecule has 2 aromatic heterocycles. The van der Waals surface area contributed by atoms with Crippen LogP contribution in [0.15, 0.2) is 18.3 Å². The Bertz CT molecular complexity index is 546. The molecule has 0 amide bonds. The van der Waals surface area contributed by atoms with Crippen LogP contribution in [0.1, 0.15) is 30.7 Å². The minimum absolute atomic E-state index is 0.609. The predicted octanol–water partition coefficient (Wildman–Crippen LogP) is 2.06. The average molecular weight is 244 g/mol. The number of hydrogen-bond acceptors (Lipinski definition) is 3. The molecule has 0 N–H and O–H groups in total. The number of piperidine rings is 1. The van der Waals surface area contributed by atoms with Crippen LogP contribution in [0, 0.1) is 6.92 Å². The summed E-state index contributed by atoms with van der Waals surface area (Å²) in [5, 5.41) is 4.56. The summed E-state index contributed by atoms with van der Waals surface area (Å²) in [5.41, 5.74) is 2.19. The van der Waals surface area contributed by atoms with Gasteiger partial charge in [0.25, 0.3) is 0 Å². The van der Waals surface area contributed by atoms with E-state index >= 15 is 0 Å². The monoisotopic (exact) mass is 244 g/mol. The molecule has 1 aliphatic rings. The summed E-state index contributed by atoms with van der Waals surface area (Å²) in [4.78, 5) is 7.07. The highest BCUT2D eigenvalue weighted by Gasteiger charge is 2.20. The van der Waals surface area contributed by atoms with E-state index < -0.39 is 0 Å². The van der Waals surface area contributed by atoms with E-state index in [1.165, 1.54) is 31.4 Å². The molecule has 0 bridgehead atoms. The van der Waals surface area contributed by atoms with Gasteiger partial charge >= 0.3 is 0 Å². The molecule has 1 unspecified atom stereocenters. The number of hydrogen-bond donors (Lipinski definition) is 0. The molecule has 1 aliphatic heterocycles. The van der Waals surface area contributed by atoms with Gasteiger partial charge in [-0.05, 0) is 51.1 Å². The van der Waals surface area contributed by atoms with Gasteiger partial charge in [0.1, 0.15) is 0 Å². The average Bonchev–Trinajstić information content (AvgIpc) is 2.73. The molecule has 0 spiro atoms. The zero-order chi connectivity index (χ0) is 12.5. The van der Waals surface area contributed by atoms with E-state index in [-0.39, 0.29) is 0 Å². The number of fused-ring (bicyclic) bond motifs is 1. The van der Waals surface area contributed by atoms with Crippen molar-refractivity contribution in [2.24, 2.45) is 0 Å². The number of likely N-dealkylation sites (N-methyl/N-ethyl adjacent to an activating group) is 1. The van der Waals surface area contributed by atoms with Gasteiger partial charge in [0.2, 0.25) is 0 Å². The predicted molar refractivity (Wildman–Crippen MR) is 71.7 cm³/mol. The first-order valence-electron chi connectivity index (χ1n) is 6.74. The van der Waals surface area contributed by atoms with Crippen LogP contribution < -0.4 is 0 Å². The van der Waals surface area contributed by atoms with E-state index in [9.17, 15) is 0 Å². The Kier molecular flexibility index (Phi) is 3.04. The third-order valence-electron chi connectivity index (χ3n) is 3.88. The van der Waals surface area contributed by atoms with E-state index in [1.54, 1.807) is 0 Å². The Morgan fingerprint density at radius 3 is 3.11 bits per heavy atom. The first-order valence-corrected chi connectivity index (χ1v) is 6.74. The standard InChI is InChI=1S/C14H20N4/c1-11-6-8-18-14(9-11)15-13(16-18)10-12-5-3-4-7-17(12)2/h6,8-9,12H,3-5,7,10H2,1-2H3. The smallest absolute Gasteiger partial charge is 0.155 e. The van der Waals surface area contributed by atoms with Gasteiger partial charge in [-0.2, -0.15) is 5.10 Å². The van der Waals surface area contributed by atoms with Crippen LogP contribution in [-0.2, 0) is 6.42 Å². The summed E-state index contributed by atoms with van der Waals surface area (Å²) in [6, 6.07) is 4.76. The number of aryl methyl sites for hydroxylation is 1. The SMILES string of the molecule is Cc1ccn2nc(CC3CCCCN3C)nc2c1. The Hall–Kier alpha value is -1.42. The van der Waals surface area contributed by atoms with Crippen LogP contribution in [0.2, 0.25) is 0 Å². The van der Waals surface area contributed by atoms with Crippen LogP contribution >= 0.6 is 0 Å². The molecule has 2 aromatic rings. The topological polar surface area (TPSA) is 33.4 Å². The Balaban J connectivity index is 1.81. The second kappa shape index (κ2) is 4.69. The molecule has 0 radical (unpaired) electrons. The third-order valence-corrected chi connectivity index (χ3v) is 3.88. The minimum atomic E-state index is 0.609. The molecule has 3 rings (SSSR count). The first-order chi connectivity index (χ1) is 8.72. The van der Waals surface area contributed by atoms with Gasteiger partial charge in [-0.1, -0.05) is 6.42 Å².